The largest absolute Gasteiger partial charge is 0.381 e. The molecule has 2 fully saturated rings. The van der Waals surface area contributed by atoms with Gasteiger partial charge >= 0.3 is 0 Å². The highest BCUT2D eigenvalue weighted by molar-refractivity contribution is 6.12. The first-order chi connectivity index (χ1) is 19.1. The first-order valence-electron chi connectivity index (χ1n) is 14.1. The number of carbonyl (C=O) groups is 2. The van der Waals surface area contributed by atoms with Crippen LogP contribution >= 0.6 is 0 Å². The van der Waals surface area contributed by atoms with Gasteiger partial charge < -0.3 is 31.5 Å². The number of hydrogen-bond donors (Lipinski definition) is 4. The van der Waals surface area contributed by atoms with Gasteiger partial charge in [-0.1, -0.05) is 6.92 Å². The van der Waals surface area contributed by atoms with Crippen LogP contribution in [0, 0.1) is 11.7 Å². The van der Waals surface area contributed by atoms with Crippen molar-refractivity contribution in [2.75, 3.05) is 61.0 Å². The van der Waals surface area contributed by atoms with E-state index in [-0.39, 0.29) is 47.2 Å². The minimum atomic E-state index is -1.21. The van der Waals surface area contributed by atoms with E-state index in [1.54, 1.807) is 6.92 Å². The predicted molar refractivity (Wildman–Crippen MR) is 150 cm³/mol. The van der Waals surface area contributed by atoms with E-state index in [2.05, 4.69) is 38.0 Å². The number of anilines is 4. The van der Waals surface area contributed by atoms with Gasteiger partial charge in [0.2, 0.25) is 5.91 Å². The van der Waals surface area contributed by atoms with Crippen molar-refractivity contribution in [3.8, 4) is 0 Å². The van der Waals surface area contributed by atoms with Crippen LogP contribution in [-0.4, -0.2) is 83.5 Å². The summed E-state index contributed by atoms with van der Waals surface area (Å²) in [7, 11) is 2.08. The Morgan fingerprint density at radius 2 is 1.88 bits per heavy atom. The number of halogens is 2. The number of pyridine rings is 1. The molecule has 5 N–H and O–H groups in total. The fourth-order valence-electron chi connectivity index (χ4n) is 5.96. The lowest BCUT2D eigenvalue weighted by Crippen LogP contribution is -2.48. The van der Waals surface area contributed by atoms with Gasteiger partial charge in [0.1, 0.15) is 23.2 Å². The van der Waals surface area contributed by atoms with Crippen molar-refractivity contribution in [2.24, 2.45) is 5.92 Å². The second-order valence-electron chi connectivity index (χ2n) is 11.4. The zero-order chi connectivity index (χ0) is 28.6. The summed E-state index contributed by atoms with van der Waals surface area (Å²) in [6.07, 6.45) is 4.77. The maximum absolute atomic E-state index is 15.1. The summed E-state index contributed by atoms with van der Waals surface area (Å²) < 4.78 is 31.3. The average Bonchev–Trinajstić information content (AvgIpc) is 3.29. The molecule has 3 aliphatic heterocycles. The summed E-state index contributed by atoms with van der Waals surface area (Å²) in [5.74, 6) is -0.971. The molecule has 5 heterocycles. The Labute approximate surface area is 232 Å². The van der Waals surface area contributed by atoms with Crippen LogP contribution in [0.4, 0.5) is 31.8 Å². The number of likely N-dealkylation sites (tertiary alicyclic amines) is 1. The van der Waals surface area contributed by atoms with Gasteiger partial charge in [-0.3, -0.25) is 14.6 Å². The Morgan fingerprint density at radius 3 is 2.55 bits per heavy atom. The highest BCUT2D eigenvalue weighted by Crippen LogP contribution is 2.39. The van der Waals surface area contributed by atoms with Crippen molar-refractivity contribution in [2.45, 2.75) is 63.7 Å². The minimum absolute atomic E-state index is 0.0167. The van der Waals surface area contributed by atoms with E-state index in [1.807, 2.05) is 11.8 Å². The van der Waals surface area contributed by atoms with Gasteiger partial charge in [-0.25, -0.2) is 13.5 Å². The summed E-state index contributed by atoms with van der Waals surface area (Å²) >= 11 is 0. The Balaban J connectivity index is 1.29. The molecule has 11 nitrogen and oxygen atoms in total. The van der Waals surface area contributed by atoms with E-state index in [9.17, 15) is 14.0 Å². The third-order valence-electron chi connectivity index (χ3n) is 8.83. The van der Waals surface area contributed by atoms with Crippen LogP contribution in [0.2, 0.25) is 0 Å². The number of piperidine rings is 2. The van der Waals surface area contributed by atoms with Gasteiger partial charge in [0, 0.05) is 31.6 Å². The fraction of sp³-hybridized carbons (Fsp3) is 0.630. The second kappa shape index (κ2) is 11.2. The van der Waals surface area contributed by atoms with E-state index in [0.29, 0.717) is 38.2 Å². The highest BCUT2D eigenvalue weighted by Gasteiger charge is 2.43. The second-order valence-corrected chi connectivity index (χ2v) is 11.4. The van der Waals surface area contributed by atoms with Crippen molar-refractivity contribution < 1.29 is 18.4 Å². The molecule has 2 atom stereocenters. The van der Waals surface area contributed by atoms with Crippen molar-refractivity contribution >= 4 is 34.8 Å². The van der Waals surface area contributed by atoms with Crippen LogP contribution < -0.4 is 26.6 Å². The van der Waals surface area contributed by atoms with E-state index in [4.69, 9.17) is 5.73 Å². The third-order valence-corrected chi connectivity index (χ3v) is 8.83. The van der Waals surface area contributed by atoms with E-state index >= 15 is 4.39 Å². The number of hydrogen-bond acceptors (Lipinski definition) is 8. The van der Waals surface area contributed by atoms with Crippen molar-refractivity contribution in [3.63, 3.8) is 0 Å². The summed E-state index contributed by atoms with van der Waals surface area (Å²) in [6.45, 7) is 6.45. The van der Waals surface area contributed by atoms with Crippen LogP contribution in [0.25, 0.3) is 0 Å². The molecule has 2 saturated heterocycles. The molecule has 0 bridgehead atoms. The molecule has 2 amide bonds. The lowest BCUT2D eigenvalue weighted by atomic mass is 9.91. The van der Waals surface area contributed by atoms with Crippen LogP contribution in [0.1, 0.15) is 56.3 Å². The number of carbonyl (C=O) groups excluding carboxylic acids is 2. The van der Waals surface area contributed by atoms with E-state index in [1.165, 1.54) is 10.9 Å². The van der Waals surface area contributed by atoms with Gasteiger partial charge in [-0.15, -0.1) is 0 Å². The van der Waals surface area contributed by atoms with Gasteiger partial charge in [0.05, 0.1) is 23.6 Å². The molecule has 13 heteroatoms. The lowest BCUT2D eigenvalue weighted by molar-refractivity contribution is -0.126. The number of alkyl halides is 1. The van der Waals surface area contributed by atoms with Gasteiger partial charge in [-0.2, -0.15) is 5.10 Å². The van der Waals surface area contributed by atoms with E-state index < -0.39 is 23.4 Å². The van der Waals surface area contributed by atoms with Crippen molar-refractivity contribution in [3.05, 3.63) is 23.8 Å². The molecule has 218 valence electrons. The van der Waals surface area contributed by atoms with E-state index in [0.717, 1.165) is 32.1 Å². The zero-order valence-electron chi connectivity index (χ0n) is 23.3. The molecule has 3 aliphatic rings. The van der Waals surface area contributed by atoms with Crippen molar-refractivity contribution in [1.82, 2.24) is 25.0 Å². The molecular weight excluding hydrogens is 520 g/mol. The smallest absolute Gasteiger partial charge is 0.263 e. The summed E-state index contributed by atoms with van der Waals surface area (Å²) in [5.41, 5.74) is 5.65. The number of nitrogens with two attached hydrogens (primary N) is 1. The highest BCUT2D eigenvalue weighted by atomic mass is 19.1. The standard InChI is InChI=1S/C27H39F2N9O2/c1-4-27(2)20(29)15-32-24-21(23(30)35-38(24)27)26(40)34-19-14-31-13-18(28)22(19)37-11-5-16(6-12-37)25(39)33-17-7-9-36(3)10-8-17/h13-14,16-17,20,32H,4-12,15H2,1-3H3,(H2,30,35)(H,33,39)(H,34,40). The Hall–Kier alpha value is -3.48. The number of nitrogens with one attached hydrogen (secondary N) is 3. The van der Waals surface area contributed by atoms with Crippen LogP contribution in [-0.2, 0) is 10.3 Å². The number of aromatic nitrogens is 3. The summed E-state index contributed by atoms with van der Waals surface area (Å²) in [6, 6.07) is 0.198. The van der Waals surface area contributed by atoms with Crippen LogP contribution in [0.15, 0.2) is 12.4 Å². The first kappa shape index (κ1) is 28.1. The maximum atomic E-state index is 15.1. The minimum Gasteiger partial charge on any atom is -0.381 e. The molecule has 0 aromatic carbocycles. The average molecular weight is 560 g/mol. The predicted octanol–water partition coefficient (Wildman–Crippen LogP) is 2.57. The molecule has 2 aromatic heterocycles. The van der Waals surface area contributed by atoms with Crippen LogP contribution in [0.5, 0.6) is 0 Å². The number of fused-ring (bicyclic) bond motifs is 1. The molecule has 40 heavy (non-hydrogen) atoms. The Kier molecular flexibility index (Phi) is 7.85. The third kappa shape index (κ3) is 5.18. The van der Waals surface area contributed by atoms with Crippen LogP contribution in [0.3, 0.4) is 0 Å². The molecular formula is C27H39F2N9O2. The Bertz CT molecular complexity index is 1250. The molecule has 2 unspecified atom stereocenters. The summed E-state index contributed by atoms with van der Waals surface area (Å²) in [5, 5.41) is 13.2. The number of nitrogens with zero attached hydrogens (tertiary/aromatic N) is 5. The molecule has 2 aromatic rings. The van der Waals surface area contributed by atoms with Crippen molar-refractivity contribution in [1.29, 1.82) is 0 Å². The quantitative estimate of drug-likeness (QED) is 0.425. The first-order valence-corrected chi connectivity index (χ1v) is 14.1. The lowest BCUT2D eigenvalue weighted by Gasteiger charge is -2.38. The van der Waals surface area contributed by atoms with Gasteiger partial charge in [0.15, 0.2) is 11.6 Å². The monoisotopic (exact) mass is 559 g/mol. The van der Waals surface area contributed by atoms with Gasteiger partial charge in [-0.05, 0) is 59.2 Å². The SMILES string of the molecule is CCC1(C)C(F)CNc2c(C(=O)Nc3cncc(F)c3N3CCC(C(=O)NC4CCN(C)CC4)CC3)c(N)nn21. The normalized spacial score (nSPS) is 24.3. The molecule has 0 aliphatic carbocycles. The van der Waals surface area contributed by atoms with Gasteiger partial charge in [0.25, 0.3) is 5.91 Å². The summed E-state index contributed by atoms with van der Waals surface area (Å²) in [4.78, 5) is 34.4. The number of nitrogen functional groups attached to an aromatic ring is 1. The molecule has 0 spiro atoms. The number of amides is 2. The fourth-order valence-corrected chi connectivity index (χ4v) is 5.96. The molecule has 0 saturated carbocycles. The zero-order valence-corrected chi connectivity index (χ0v) is 23.3. The molecule has 5 rings (SSSR count). The Morgan fingerprint density at radius 1 is 1.18 bits per heavy atom. The number of rotatable bonds is 6. The maximum Gasteiger partial charge on any atom is 0.263 e. The topological polar surface area (TPSA) is 133 Å². The molecule has 0 radical (unpaired) electrons.